The quantitative estimate of drug-likeness (QED) is 0.454. The lowest BCUT2D eigenvalue weighted by Gasteiger charge is -2.14. The minimum atomic E-state index is -3.77. The summed E-state index contributed by atoms with van der Waals surface area (Å²) in [5.41, 5.74) is 1.82. The minimum Gasteiger partial charge on any atom is -0.496 e. The van der Waals surface area contributed by atoms with Crippen LogP contribution in [0, 0.1) is 13.8 Å². The second-order valence-corrected chi connectivity index (χ2v) is 8.58. The lowest BCUT2D eigenvalue weighted by atomic mass is 10.1. The first-order valence-electron chi connectivity index (χ1n) is 9.62. The molecule has 4 aromatic rings. The largest absolute Gasteiger partial charge is 0.496 e. The van der Waals surface area contributed by atoms with Gasteiger partial charge in [0.05, 0.1) is 12.0 Å². The van der Waals surface area contributed by atoms with E-state index in [0.29, 0.717) is 34.4 Å². The summed E-state index contributed by atoms with van der Waals surface area (Å²) in [5, 5.41) is 0. The maximum atomic E-state index is 12.9. The second kappa shape index (κ2) is 8.67. The van der Waals surface area contributed by atoms with Crippen molar-refractivity contribution in [2.75, 3.05) is 11.8 Å². The number of benzene rings is 2. The van der Waals surface area contributed by atoms with Gasteiger partial charge >= 0.3 is 0 Å². The van der Waals surface area contributed by atoms with Gasteiger partial charge < -0.3 is 9.47 Å². The molecule has 0 fully saturated rings. The predicted molar refractivity (Wildman–Crippen MR) is 119 cm³/mol. The fourth-order valence-electron chi connectivity index (χ4n) is 3.13. The van der Waals surface area contributed by atoms with Crippen LogP contribution in [0.3, 0.4) is 0 Å². The van der Waals surface area contributed by atoms with Gasteiger partial charge in [-0.15, -0.1) is 0 Å². The fourth-order valence-corrected chi connectivity index (χ4v) is 4.49. The molecule has 0 atom stereocenters. The van der Waals surface area contributed by atoms with Gasteiger partial charge in [0.1, 0.15) is 30.0 Å². The van der Waals surface area contributed by atoms with E-state index >= 15 is 0 Å². The van der Waals surface area contributed by atoms with Crippen LogP contribution in [-0.2, 0) is 10.0 Å². The van der Waals surface area contributed by atoms with Crippen molar-refractivity contribution >= 4 is 15.7 Å². The topological polar surface area (TPSA) is 108 Å². The summed E-state index contributed by atoms with van der Waals surface area (Å²) in [5.74, 6) is 2.10. The van der Waals surface area contributed by atoms with Crippen LogP contribution in [0.1, 0.15) is 11.1 Å². The van der Waals surface area contributed by atoms with Gasteiger partial charge in [-0.2, -0.15) is 0 Å². The Bertz CT molecular complexity index is 1340. The van der Waals surface area contributed by atoms with Crippen molar-refractivity contribution in [2.24, 2.45) is 0 Å². The number of nitrogens with one attached hydrogen (secondary N) is 1. The number of sulfonamides is 1. The lowest BCUT2D eigenvalue weighted by Crippen LogP contribution is -2.15. The van der Waals surface area contributed by atoms with E-state index in [0.717, 1.165) is 5.56 Å². The first-order valence-corrected chi connectivity index (χ1v) is 11.1. The van der Waals surface area contributed by atoms with Crippen LogP contribution >= 0.6 is 0 Å². The van der Waals surface area contributed by atoms with Crippen molar-refractivity contribution in [1.29, 1.82) is 0 Å². The number of methoxy groups -OCH3 is 1. The molecule has 0 amide bonds. The molecule has 0 saturated heterocycles. The highest BCUT2D eigenvalue weighted by Crippen LogP contribution is 2.29. The number of hydrogen-bond donors (Lipinski definition) is 1. The summed E-state index contributed by atoms with van der Waals surface area (Å²) in [6, 6.07) is 11.4. The molecular weight excluding hydrogens is 430 g/mol. The van der Waals surface area contributed by atoms with E-state index in [1.54, 1.807) is 73.7 Å². The van der Waals surface area contributed by atoms with Crippen LogP contribution in [-0.4, -0.2) is 35.0 Å². The van der Waals surface area contributed by atoms with Crippen molar-refractivity contribution < 1.29 is 17.9 Å². The molecule has 0 aliphatic heterocycles. The summed E-state index contributed by atoms with van der Waals surface area (Å²) in [7, 11) is -2.22. The molecule has 0 unspecified atom stereocenters. The summed E-state index contributed by atoms with van der Waals surface area (Å²) in [4.78, 5) is 12.5. The molecule has 0 aliphatic carbocycles. The standard InChI is InChI=1S/C22H21N5O4S/c1-15-16(2)20(9-8-19(15)30-3)32(28,29)26-17-4-6-18(7-5-17)31-22-12-21(24-13-25-22)27-11-10-23-14-27/h4-14,26H,1-3H3. The van der Waals surface area contributed by atoms with E-state index in [1.807, 2.05) is 6.92 Å². The van der Waals surface area contributed by atoms with Crippen molar-refractivity contribution in [1.82, 2.24) is 19.5 Å². The number of aromatic nitrogens is 4. The maximum Gasteiger partial charge on any atom is 0.262 e. The smallest absolute Gasteiger partial charge is 0.262 e. The van der Waals surface area contributed by atoms with Crippen molar-refractivity contribution in [3.63, 3.8) is 0 Å². The van der Waals surface area contributed by atoms with E-state index in [9.17, 15) is 8.42 Å². The van der Waals surface area contributed by atoms with E-state index in [4.69, 9.17) is 9.47 Å². The molecule has 32 heavy (non-hydrogen) atoms. The molecule has 9 nitrogen and oxygen atoms in total. The maximum absolute atomic E-state index is 12.9. The molecule has 0 saturated carbocycles. The van der Waals surface area contributed by atoms with Gasteiger partial charge in [0, 0.05) is 24.1 Å². The molecule has 0 bridgehead atoms. The number of anilines is 1. The zero-order valence-electron chi connectivity index (χ0n) is 17.7. The highest BCUT2D eigenvalue weighted by molar-refractivity contribution is 7.92. The number of nitrogens with zero attached hydrogens (tertiary/aromatic N) is 4. The predicted octanol–water partition coefficient (Wildman–Crippen LogP) is 3.88. The molecular formula is C22H21N5O4S. The monoisotopic (exact) mass is 451 g/mol. The average Bonchev–Trinajstić information content (AvgIpc) is 3.32. The highest BCUT2D eigenvalue weighted by atomic mass is 32.2. The number of ether oxygens (including phenoxy) is 2. The van der Waals surface area contributed by atoms with Gasteiger partial charge in [0.25, 0.3) is 10.0 Å². The van der Waals surface area contributed by atoms with Crippen molar-refractivity contribution in [3.8, 4) is 23.2 Å². The molecule has 1 N–H and O–H groups in total. The fraction of sp³-hybridized carbons (Fsp3) is 0.136. The molecule has 0 aliphatic rings. The second-order valence-electron chi connectivity index (χ2n) is 6.93. The third-order valence-electron chi connectivity index (χ3n) is 4.92. The molecule has 4 rings (SSSR count). The SMILES string of the molecule is COc1ccc(S(=O)(=O)Nc2ccc(Oc3cc(-n4ccnc4)ncn3)cc2)c(C)c1C. The number of hydrogen-bond acceptors (Lipinski definition) is 7. The van der Waals surface area contributed by atoms with Gasteiger partial charge in [-0.05, 0) is 61.4 Å². The summed E-state index contributed by atoms with van der Waals surface area (Å²) in [6.07, 6.45) is 6.43. The van der Waals surface area contributed by atoms with Crippen LogP contribution in [0.4, 0.5) is 5.69 Å². The summed E-state index contributed by atoms with van der Waals surface area (Å²) in [6.45, 7) is 3.58. The molecule has 0 spiro atoms. The van der Waals surface area contributed by atoms with Crippen LogP contribution in [0.5, 0.6) is 17.4 Å². The minimum absolute atomic E-state index is 0.198. The third kappa shape index (κ3) is 4.40. The van der Waals surface area contributed by atoms with E-state index in [1.165, 1.54) is 12.4 Å². The molecule has 2 heterocycles. The van der Waals surface area contributed by atoms with E-state index in [-0.39, 0.29) is 4.90 Å². The van der Waals surface area contributed by atoms with Crippen LogP contribution in [0.2, 0.25) is 0 Å². The van der Waals surface area contributed by atoms with Crippen molar-refractivity contribution in [2.45, 2.75) is 18.7 Å². The first-order chi connectivity index (χ1) is 15.4. The molecule has 2 aromatic heterocycles. The Morgan fingerprint density at radius 3 is 2.47 bits per heavy atom. The van der Waals surface area contributed by atoms with Gasteiger partial charge in [0.2, 0.25) is 5.88 Å². The van der Waals surface area contributed by atoms with Crippen LogP contribution in [0.25, 0.3) is 5.82 Å². The summed E-state index contributed by atoms with van der Waals surface area (Å²) < 4.78 is 41.1. The van der Waals surface area contributed by atoms with Gasteiger partial charge in [-0.3, -0.25) is 9.29 Å². The third-order valence-corrected chi connectivity index (χ3v) is 6.45. The van der Waals surface area contributed by atoms with Gasteiger partial charge in [-0.25, -0.2) is 23.4 Å². The molecule has 10 heteroatoms. The normalized spacial score (nSPS) is 11.2. The van der Waals surface area contributed by atoms with Crippen molar-refractivity contribution in [3.05, 3.63) is 78.6 Å². The van der Waals surface area contributed by atoms with Crippen LogP contribution < -0.4 is 14.2 Å². The Labute approximate surface area is 185 Å². The van der Waals surface area contributed by atoms with E-state index < -0.39 is 10.0 Å². The Morgan fingerprint density at radius 1 is 1.00 bits per heavy atom. The first kappa shape index (κ1) is 21.3. The molecule has 2 aromatic carbocycles. The zero-order valence-corrected chi connectivity index (χ0v) is 18.5. The number of rotatable bonds is 7. The molecule has 164 valence electrons. The van der Waals surface area contributed by atoms with Gasteiger partial charge in [-0.1, -0.05) is 0 Å². The van der Waals surface area contributed by atoms with Crippen LogP contribution in [0.15, 0.2) is 72.4 Å². The Kier molecular flexibility index (Phi) is 5.78. The Hall–Kier alpha value is -3.92. The average molecular weight is 452 g/mol. The highest BCUT2D eigenvalue weighted by Gasteiger charge is 2.19. The Balaban J connectivity index is 1.50. The zero-order chi connectivity index (χ0) is 22.7. The number of imidazole rings is 1. The summed E-state index contributed by atoms with van der Waals surface area (Å²) >= 11 is 0. The van der Waals surface area contributed by atoms with E-state index in [2.05, 4.69) is 19.7 Å². The van der Waals surface area contributed by atoms with Gasteiger partial charge in [0.15, 0.2) is 0 Å². The molecule has 0 radical (unpaired) electrons. The Morgan fingerprint density at radius 2 is 1.78 bits per heavy atom. The lowest BCUT2D eigenvalue weighted by molar-refractivity contribution is 0.410.